The van der Waals surface area contributed by atoms with E-state index in [0.29, 0.717) is 11.6 Å². The second-order valence-corrected chi connectivity index (χ2v) is 6.96. The Hall–Kier alpha value is -0.0800. The number of hydrogen-bond donors (Lipinski definition) is 1. The van der Waals surface area contributed by atoms with E-state index in [-0.39, 0.29) is 0 Å². The average Bonchev–Trinajstić information content (AvgIpc) is 2.92. The highest BCUT2D eigenvalue weighted by molar-refractivity contribution is 5.01. The van der Waals surface area contributed by atoms with Crippen molar-refractivity contribution in [3.8, 4) is 0 Å². The molecule has 1 saturated carbocycles. The molecule has 0 heterocycles. The predicted octanol–water partition coefficient (Wildman–Crippen LogP) is 4.59. The van der Waals surface area contributed by atoms with Gasteiger partial charge in [-0.1, -0.05) is 64.7 Å². The molecule has 0 radical (unpaired) electrons. The van der Waals surface area contributed by atoms with E-state index in [9.17, 15) is 0 Å². The Kier molecular flexibility index (Phi) is 8.79. The van der Waals surface area contributed by atoms with Crippen LogP contribution < -0.4 is 5.32 Å². The molecule has 0 saturated heterocycles. The molecule has 2 heteroatoms. The molecule has 0 amide bonds. The predicted molar refractivity (Wildman–Crippen MR) is 90.3 cm³/mol. The molecule has 2 nitrogen and oxygen atoms in total. The molecular weight excluding hydrogens is 244 g/mol. The van der Waals surface area contributed by atoms with Crippen LogP contribution in [0.4, 0.5) is 0 Å². The molecule has 1 atom stereocenters. The molecule has 0 spiro atoms. The molecule has 20 heavy (non-hydrogen) atoms. The van der Waals surface area contributed by atoms with Gasteiger partial charge in [0.05, 0.1) is 0 Å². The van der Waals surface area contributed by atoms with E-state index in [1.807, 2.05) is 0 Å². The summed E-state index contributed by atoms with van der Waals surface area (Å²) in [5.74, 6) is 0. The molecule has 0 aromatic heterocycles. The third-order valence-electron chi connectivity index (χ3n) is 5.45. The first kappa shape index (κ1) is 18.0. The van der Waals surface area contributed by atoms with Gasteiger partial charge in [0.2, 0.25) is 0 Å². The number of nitrogens with one attached hydrogen (secondary N) is 1. The van der Waals surface area contributed by atoms with E-state index in [2.05, 4.69) is 38.3 Å². The van der Waals surface area contributed by atoms with Gasteiger partial charge in [0.15, 0.2) is 0 Å². The van der Waals surface area contributed by atoms with Gasteiger partial charge in [-0.15, -0.1) is 0 Å². The van der Waals surface area contributed by atoms with Crippen molar-refractivity contribution in [2.75, 3.05) is 21.1 Å². The number of unbranched alkanes of at least 4 members (excludes halogenated alkanes) is 6. The molecular formula is C18H38N2. The third kappa shape index (κ3) is 5.04. The second kappa shape index (κ2) is 9.78. The van der Waals surface area contributed by atoms with Crippen LogP contribution in [0.25, 0.3) is 0 Å². The summed E-state index contributed by atoms with van der Waals surface area (Å²) in [6.07, 6.45) is 16.8. The lowest BCUT2D eigenvalue weighted by atomic mass is 9.83. The van der Waals surface area contributed by atoms with Crippen molar-refractivity contribution in [2.24, 2.45) is 0 Å². The average molecular weight is 283 g/mol. The van der Waals surface area contributed by atoms with Crippen LogP contribution in [0.5, 0.6) is 0 Å². The minimum atomic E-state index is 0.428. The highest BCUT2D eigenvalue weighted by Crippen LogP contribution is 2.38. The fourth-order valence-corrected chi connectivity index (χ4v) is 4.08. The lowest BCUT2D eigenvalue weighted by Crippen LogP contribution is -2.56. The summed E-state index contributed by atoms with van der Waals surface area (Å²) in [6, 6.07) is 0.677. The first-order valence-electron chi connectivity index (χ1n) is 9.02. The van der Waals surface area contributed by atoms with Crippen molar-refractivity contribution < 1.29 is 0 Å². The van der Waals surface area contributed by atoms with E-state index in [1.165, 1.54) is 77.0 Å². The Bertz CT molecular complexity index is 232. The fraction of sp³-hybridized carbons (Fsp3) is 1.00. The van der Waals surface area contributed by atoms with Crippen LogP contribution in [0.1, 0.15) is 84.0 Å². The van der Waals surface area contributed by atoms with E-state index in [1.54, 1.807) is 0 Å². The third-order valence-corrected chi connectivity index (χ3v) is 5.45. The van der Waals surface area contributed by atoms with Crippen molar-refractivity contribution in [2.45, 2.75) is 95.6 Å². The number of hydrogen-bond acceptors (Lipinski definition) is 2. The summed E-state index contributed by atoms with van der Waals surface area (Å²) >= 11 is 0. The van der Waals surface area contributed by atoms with Crippen LogP contribution in [-0.2, 0) is 0 Å². The maximum Gasteiger partial charge on any atom is 0.0356 e. The minimum Gasteiger partial charge on any atom is -0.315 e. The number of nitrogens with zero attached hydrogens (tertiary/aromatic N) is 1. The van der Waals surface area contributed by atoms with Crippen LogP contribution in [0.2, 0.25) is 0 Å². The first-order chi connectivity index (χ1) is 9.67. The van der Waals surface area contributed by atoms with Crippen molar-refractivity contribution in [3.63, 3.8) is 0 Å². The molecule has 120 valence electrons. The van der Waals surface area contributed by atoms with E-state index < -0.39 is 0 Å². The topological polar surface area (TPSA) is 15.3 Å². The maximum absolute atomic E-state index is 3.64. The Labute approximate surface area is 127 Å². The number of likely N-dealkylation sites (N-methyl/N-ethyl adjacent to an activating group) is 2. The largest absolute Gasteiger partial charge is 0.315 e. The molecule has 0 aliphatic heterocycles. The molecule has 0 aromatic rings. The van der Waals surface area contributed by atoms with Crippen LogP contribution in [0, 0.1) is 0 Å². The van der Waals surface area contributed by atoms with Gasteiger partial charge in [0.1, 0.15) is 0 Å². The van der Waals surface area contributed by atoms with Gasteiger partial charge in [-0.3, -0.25) is 0 Å². The van der Waals surface area contributed by atoms with Gasteiger partial charge < -0.3 is 10.2 Å². The lowest BCUT2D eigenvalue weighted by Gasteiger charge is -2.43. The maximum atomic E-state index is 3.64. The van der Waals surface area contributed by atoms with Gasteiger partial charge in [0.25, 0.3) is 0 Å². The Morgan fingerprint density at radius 3 is 2.00 bits per heavy atom. The Morgan fingerprint density at radius 1 is 0.950 bits per heavy atom. The Balaban J connectivity index is 2.28. The van der Waals surface area contributed by atoms with Crippen molar-refractivity contribution >= 4 is 0 Å². The van der Waals surface area contributed by atoms with Gasteiger partial charge in [-0.25, -0.2) is 0 Å². The highest BCUT2D eigenvalue weighted by Gasteiger charge is 2.41. The summed E-state index contributed by atoms with van der Waals surface area (Å²) in [5, 5.41) is 3.64. The lowest BCUT2D eigenvalue weighted by molar-refractivity contribution is 0.102. The second-order valence-electron chi connectivity index (χ2n) is 6.96. The molecule has 0 bridgehead atoms. The summed E-state index contributed by atoms with van der Waals surface area (Å²) in [6.45, 7) is 2.29. The van der Waals surface area contributed by atoms with Gasteiger partial charge in [-0.05, 0) is 40.4 Å². The number of rotatable bonds is 11. The van der Waals surface area contributed by atoms with Gasteiger partial charge >= 0.3 is 0 Å². The molecule has 1 unspecified atom stereocenters. The molecule has 1 aliphatic carbocycles. The van der Waals surface area contributed by atoms with Crippen LogP contribution in [0.3, 0.4) is 0 Å². The summed E-state index contributed by atoms with van der Waals surface area (Å²) in [5.41, 5.74) is 0.428. The zero-order valence-corrected chi connectivity index (χ0v) is 14.5. The van der Waals surface area contributed by atoms with Crippen molar-refractivity contribution in [1.29, 1.82) is 0 Å². The summed E-state index contributed by atoms with van der Waals surface area (Å²) in [7, 11) is 6.72. The van der Waals surface area contributed by atoms with E-state index in [4.69, 9.17) is 0 Å². The molecule has 1 N–H and O–H groups in total. The first-order valence-corrected chi connectivity index (χ1v) is 9.02. The van der Waals surface area contributed by atoms with Gasteiger partial charge in [-0.2, -0.15) is 0 Å². The monoisotopic (exact) mass is 282 g/mol. The highest BCUT2D eigenvalue weighted by atomic mass is 15.2. The zero-order valence-electron chi connectivity index (χ0n) is 14.5. The minimum absolute atomic E-state index is 0.428. The quantitative estimate of drug-likeness (QED) is 0.558. The Morgan fingerprint density at radius 2 is 1.50 bits per heavy atom. The fourth-order valence-electron chi connectivity index (χ4n) is 4.08. The normalized spacial score (nSPS) is 19.6. The van der Waals surface area contributed by atoms with Crippen LogP contribution in [-0.4, -0.2) is 37.6 Å². The van der Waals surface area contributed by atoms with Gasteiger partial charge in [0, 0.05) is 11.6 Å². The van der Waals surface area contributed by atoms with Crippen molar-refractivity contribution in [1.82, 2.24) is 10.2 Å². The summed E-state index contributed by atoms with van der Waals surface area (Å²) in [4.78, 5) is 2.50. The standard InChI is InChI=1S/C18H38N2/c1-5-6-7-8-9-10-11-14-17(19-2)18(20(3)4)15-12-13-16-18/h17,19H,5-16H2,1-4H3. The van der Waals surface area contributed by atoms with Crippen LogP contribution >= 0.6 is 0 Å². The smallest absolute Gasteiger partial charge is 0.0356 e. The molecule has 1 rings (SSSR count). The molecule has 1 aliphatic rings. The zero-order chi connectivity index (χ0) is 14.8. The van der Waals surface area contributed by atoms with Crippen molar-refractivity contribution in [3.05, 3.63) is 0 Å². The summed E-state index contributed by atoms with van der Waals surface area (Å²) < 4.78 is 0. The molecule has 0 aromatic carbocycles. The molecule has 1 fully saturated rings. The van der Waals surface area contributed by atoms with E-state index in [0.717, 1.165) is 0 Å². The van der Waals surface area contributed by atoms with Crippen LogP contribution in [0.15, 0.2) is 0 Å². The van der Waals surface area contributed by atoms with E-state index >= 15 is 0 Å². The SMILES string of the molecule is CCCCCCCCCC(NC)C1(N(C)C)CCCC1.